The van der Waals surface area contributed by atoms with Gasteiger partial charge in [0.1, 0.15) is 11.4 Å². The van der Waals surface area contributed by atoms with Crippen LogP contribution >= 0.6 is 11.6 Å². The fraction of sp³-hybridized carbons (Fsp3) is 0.130. The van der Waals surface area contributed by atoms with Crippen LogP contribution in [-0.4, -0.2) is 28.5 Å². The Morgan fingerprint density at radius 3 is 2.55 bits per heavy atom. The van der Waals surface area contributed by atoms with Crippen molar-refractivity contribution in [1.82, 2.24) is 9.88 Å². The molecule has 9 nitrogen and oxygen atoms in total. The molecule has 0 saturated carbocycles. The highest BCUT2D eigenvalue weighted by Crippen LogP contribution is 2.32. The number of amides is 3. The molecule has 1 aliphatic heterocycles. The van der Waals surface area contributed by atoms with E-state index in [1.54, 1.807) is 30.3 Å². The van der Waals surface area contributed by atoms with Crippen molar-refractivity contribution in [2.75, 3.05) is 12.0 Å². The second-order valence-electron chi connectivity index (χ2n) is 7.38. The summed E-state index contributed by atoms with van der Waals surface area (Å²) in [6, 6.07) is 12.1. The first-order valence-corrected chi connectivity index (χ1v) is 10.2. The first-order valence-electron chi connectivity index (χ1n) is 9.85. The fourth-order valence-electron chi connectivity index (χ4n) is 3.81. The van der Waals surface area contributed by atoms with Crippen molar-refractivity contribution in [2.24, 2.45) is 0 Å². The Labute approximate surface area is 194 Å². The second kappa shape index (κ2) is 8.44. The number of carbonyl (C=O) groups excluding carboxylic acids is 2. The summed E-state index contributed by atoms with van der Waals surface area (Å²) in [5, 5.41) is 14.1. The number of aryl methyl sites for hydroxylation is 1. The van der Waals surface area contributed by atoms with Gasteiger partial charge < -0.3 is 14.6 Å². The van der Waals surface area contributed by atoms with Gasteiger partial charge >= 0.3 is 6.03 Å². The number of rotatable bonds is 5. The van der Waals surface area contributed by atoms with Gasteiger partial charge in [-0.15, -0.1) is 0 Å². The van der Waals surface area contributed by atoms with E-state index in [0.29, 0.717) is 27.7 Å². The van der Waals surface area contributed by atoms with Gasteiger partial charge in [0.25, 0.3) is 11.6 Å². The lowest BCUT2D eigenvalue weighted by Gasteiger charge is -2.14. The molecule has 2 heterocycles. The van der Waals surface area contributed by atoms with Gasteiger partial charge in [0, 0.05) is 22.5 Å². The van der Waals surface area contributed by atoms with Crippen LogP contribution in [0.2, 0.25) is 5.02 Å². The summed E-state index contributed by atoms with van der Waals surface area (Å²) < 4.78 is 7.24. The van der Waals surface area contributed by atoms with Crippen LogP contribution in [0.4, 0.5) is 16.2 Å². The highest BCUT2D eigenvalue weighted by atomic mass is 35.5. The van der Waals surface area contributed by atoms with Gasteiger partial charge in [-0.1, -0.05) is 17.7 Å². The van der Waals surface area contributed by atoms with Gasteiger partial charge in [0.2, 0.25) is 0 Å². The molecule has 1 saturated heterocycles. The number of anilines is 1. The normalized spacial score (nSPS) is 14.7. The largest absolute Gasteiger partial charge is 0.494 e. The molecule has 3 aromatic rings. The lowest BCUT2D eigenvalue weighted by Crippen LogP contribution is -2.30. The van der Waals surface area contributed by atoms with E-state index in [4.69, 9.17) is 16.3 Å². The van der Waals surface area contributed by atoms with Crippen LogP contribution in [0.3, 0.4) is 0 Å². The molecule has 1 aliphatic rings. The summed E-state index contributed by atoms with van der Waals surface area (Å²) in [7, 11) is 1.44. The first-order chi connectivity index (χ1) is 15.7. The van der Waals surface area contributed by atoms with Crippen molar-refractivity contribution in [1.29, 1.82) is 0 Å². The average Bonchev–Trinajstić information content (AvgIpc) is 3.21. The SMILES string of the molecule is COc1cc([N+](=O)[O-])ccc1-n1c(C)cc(/C=C2/NC(=O)N(c3cccc(Cl)c3)C2=O)c1C. The second-order valence-corrected chi connectivity index (χ2v) is 7.82. The highest BCUT2D eigenvalue weighted by Gasteiger charge is 2.35. The maximum Gasteiger partial charge on any atom is 0.333 e. The van der Waals surface area contributed by atoms with E-state index in [0.717, 1.165) is 16.3 Å². The van der Waals surface area contributed by atoms with E-state index in [-0.39, 0.29) is 11.4 Å². The molecule has 1 aromatic heterocycles. The van der Waals surface area contributed by atoms with Gasteiger partial charge in [-0.25, -0.2) is 9.69 Å². The number of methoxy groups -OCH3 is 1. The fourth-order valence-corrected chi connectivity index (χ4v) is 3.99. The lowest BCUT2D eigenvalue weighted by atomic mass is 10.2. The molecule has 1 N–H and O–H groups in total. The highest BCUT2D eigenvalue weighted by molar-refractivity contribution is 6.32. The van der Waals surface area contributed by atoms with Crippen molar-refractivity contribution in [2.45, 2.75) is 13.8 Å². The van der Waals surface area contributed by atoms with Crippen LogP contribution in [-0.2, 0) is 4.79 Å². The molecule has 0 bridgehead atoms. The third-order valence-electron chi connectivity index (χ3n) is 5.33. The van der Waals surface area contributed by atoms with Gasteiger partial charge in [-0.2, -0.15) is 0 Å². The van der Waals surface area contributed by atoms with Crippen molar-refractivity contribution in [3.63, 3.8) is 0 Å². The minimum atomic E-state index is -0.570. The quantitative estimate of drug-likeness (QED) is 0.252. The number of hydrogen-bond donors (Lipinski definition) is 1. The van der Waals surface area contributed by atoms with Gasteiger partial charge in [-0.3, -0.25) is 14.9 Å². The van der Waals surface area contributed by atoms with Crippen LogP contribution in [0.15, 0.2) is 54.2 Å². The standard InChI is InChI=1S/C23H19ClN4O5/c1-13-9-15(14(2)26(13)20-8-7-18(28(31)32)12-21(20)33-3)10-19-22(29)27(23(30)25-19)17-6-4-5-16(24)11-17/h4-12H,1-3H3,(H,25,30)/b19-10+. The summed E-state index contributed by atoms with van der Waals surface area (Å²) in [6.45, 7) is 3.71. The Balaban J connectivity index is 1.73. The molecule has 0 aliphatic carbocycles. The van der Waals surface area contributed by atoms with E-state index in [9.17, 15) is 19.7 Å². The summed E-state index contributed by atoms with van der Waals surface area (Å²) in [6.07, 6.45) is 1.60. The third-order valence-corrected chi connectivity index (χ3v) is 5.56. The summed E-state index contributed by atoms with van der Waals surface area (Å²) in [5.41, 5.74) is 3.30. The molecule has 33 heavy (non-hydrogen) atoms. The van der Waals surface area contributed by atoms with E-state index < -0.39 is 16.9 Å². The Morgan fingerprint density at radius 2 is 1.88 bits per heavy atom. The van der Waals surface area contributed by atoms with Crippen molar-refractivity contribution >= 4 is 41.0 Å². The molecule has 1 fully saturated rings. The zero-order valence-corrected chi connectivity index (χ0v) is 18.7. The van der Waals surface area contributed by atoms with E-state index >= 15 is 0 Å². The number of nitro benzene ring substituents is 1. The molecule has 3 amide bonds. The van der Waals surface area contributed by atoms with Crippen LogP contribution in [0.5, 0.6) is 5.75 Å². The molecule has 0 unspecified atom stereocenters. The van der Waals surface area contributed by atoms with Crippen LogP contribution in [0, 0.1) is 24.0 Å². The number of imide groups is 1. The monoisotopic (exact) mass is 466 g/mol. The Bertz CT molecular complexity index is 1340. The summed E-state index contributed by atoms with van der Waals surface area (Å²) in [5.74, 6) is -0.164. The number of benzene rings is 2. The van der Waals surface area contributed by atoms with Gasteiger partial charge in [0.05, 0.1) is 29.5 Å². The van der Waals surface area contributed by atoms with E-state index in [1.165, 1.54) is 25.3 Å². The minimum absolute atomic E-state index is 0.0826. The molecule has 168 valence electrons. The number of ether oxygens (including phenoxy) is 1. The van der Waals surface area contributed by atoms with Gasteiger partial charge in [0.15, 0.2) is 0 Å². The molecular weight excluding hydrogens is 448 g/mol. The number of non-ortho nitro benzene ring substituents is 1. The van der Waals surface area contributed by atoms with E-state index in [2.05, 4.69) is 5.32 Å². The zero-order chi connectivity index (χ0) is 23.9. The van der Waals surface area contributed by atoms with Crippen molar-refractivity contribution in [3.05, 3.63) is 86.3 Å². The number of urea groups is 1. The summed E-state index contributed by atoms with van der Waals surface area (Å²) in [4.78, 5) is 37.1. The first kappa shape index (κ1) is 22.1. The molecule has 0 atom stereocenters. The van der Waals surface area contributed by atoms with Crippen molar-refractivity contribution in [3.8, 4) is 11.4 Å². The van der Waals surface area contributed by atoms with Crippen molar-refractivity contribution < 1.29 is 19.2 Å². The smallest absolute Gasteiger partial charge is 0.333 e. The number of aromatic nitrogens is 1. The molecular formula is C23H19ClN4O5. The Hall–Kier alpha value is -4.11. The lowest BCUT2D eigenvalue weighted by molar-refractivity contribution is -0.384. The number of halogens is 1. The number of nitrogens with one attached hydrogen (secondary N) is 1. The molecule has 10 heteroatoms. The Kier molecular flexibility index (Phi) is 5.65. The maximum atomic E-state index is 12.9. The molecule has 0 spiro atoms. The maximum absolute atomic E-state index is 12.9. The number of nitrogens with zero attached hydrogens (tertiary/aromatic N) is 3. The molecule has 2 aromatic carbocycles. The average molecular weight is 467 g/mol. The predicted octanol–water partition coefficient (Wildman–Crippen LogP) is 4.76. The van der Waals surface area contributed by atoms with E-state index in [1.807, 2.05) is 24.5 Å². The third kappa shape index (κ3) is 3.94. The number of carbonyl (C=O) groups is 2. The Morgan fingerprint density at radius 1 is 1.12 bits per heavy atom. The summed E-state index contributed by atoms with van der Waals surface area (Å²) >= 11 is 6.00. The number of hydrogen-bond acceptors (Lipinski definition) is 5. The predicted molar refractivity (Wildman–Crippen MR) is 124 cm³/mol. The molecule has 0 radical (unpaired) electrons. The zero-order valence-electron chi connectivity index (χ0n) is 18.0. The van der Waals surface area contributed by atoms with Crippen LogP contribution in [0.1, 0.15) is 17.0 Å². The van der Waals surface area contributed by atoms with Crippen LogP contribution < -0.4 is 15.0 Å². The topological polar surface area (TPSA) is 107 Å². The molecule has 4 rings (SSSR count). The minimum Gasteiger partial charge on any atom is -0.494 e. The number of nitro groups is 1. The van der Waals surface area contributed by atoms with Crippen LogP contribution in [0.25, 0.3) is 11.8 Å². The van der Waals surface area contributed by atoms with Gasteiger partial charge in [-0.05, 0) is 55.8 Å².